The van der Waals surface area contributed by atoms with Crippen LogP contribution in [-0.2, 0) is 18.2 Å². The van der Waals surface area contributed by atoms with E-state index in [0.717, 1.165) is 25.1 Å². The van der Waals surface area contributed by atoms with Gasteiger partial charge in [0, 0.05) is 32.8 Å². The lowest BCUT2D eigenvalue weighted by atomic mass is 9.81. The first kappa shape index (κ1) is 16.5. The van der Waals surface area contributed by atoms with Crippen LogP contribution in [0.25, 0.3) is 0 Å². The van der Waals surface area contributed by atoms with E-state index in [9.17, 15) is 0 Å². The third kappa shape index (κ3) is 4.82. The van der Waals surface area contributed by atoms with Crippen LogP contribution in [0, 0.1) is 5.92 Å². The summed E-state index contributed by atoms with van der Waals surface area (Å²) in [4.78, 5) is 0. The topological polar surface area (TPSA) is 39.1 Å². The number of methoxy groups -OCH3 is 1. The Morgan fingerprint density at radius 2 is 2.14 bits per heavy atom. The molecule has 4 heteroatoms. The van der Waals surface area contributed by atoms with Crippen molar-refractivity contribution in [1.29, 1.82) is 0 Å². The van der Waals surface area contributed by atoms with Crippen molar-refractivity contribution in [3.8, 4) is 0 Å². The Morgan fingerprint density at radius 3 is 2.71 bits per heavy atom. The lowest BCUT2D eigenvalue weighted by Gasteiger charge is -2.35. The lowest BCUT2D eigenvalue weighted by Crippen LogP contribution is -2.47. The number of hydrogen-bond donors (Lipinski definition) is 1. The highest BCUT2D eigenvalue weighted by Crippen LogP contribution is 2.30. The van der Waals surface area contributed by atoms with Crippen LogP contribution in [0.3, 0.4) is 0 Å². The predicted molar refractivity (Wildman–Crippen MR) is 86.4 cm³/mol. The van der Waals surface area contributed by atoms with E-state index in [0.29, 0.717) is 18.1 Å². The number of nitrogens with one attached hydrogen (secondary N) is 1. The third-order valence-corrected chi connectivity index (χ3v) is 4.64. The average Bonchev–Trinajstić information content (AvgIpc) is 2.91. The lowest BCUT2D eigenvalue weighted by molar-refractivity contribution is 0.00809. The molecule has 120 valence electrons. The smallest absolute Gasteiger partial charge is 0.0756 e. The van der Waals surface area contributed by atoms with Crippen LogP contribution >= 0.6 is 0 Å². The van der Waals surface area contributed by atoms with Crippen molar-refractivity contribution in [2.45, 2.75) is 64.0 Å². The van der Waals surface area contributed by atoms with Gasteiger partial charge in [0.2, 0.25) is 0 Å². The molecule has 1 aromatic rings. The minimum Gasteiger partial charge on any atom is -0.380 e. The molecule has 1 aliphatic carbocycles. The number of ether oxygens (including phenoxy) is 1. The van der Waals surface area contributed by atoms with Gasteiger partial charge >= 0.3 is 0 Å². The summed E-state index contributed by atoms with van der Waals surface area (Å²) in [6.07, 6.45) is 11.2. The normalized spacial score (nSPS) is 19.6. The summed E-state index contributed by atoms with van der Waals surface area (Å²) in [6, 6.07) is 2.49. The molecule has 1 aromatic heterocycles. The zero-order chi connectivity index (χ0) is 15.1. The summed E-state index contributed by atoms with van der Waals surface area (Å²) in [5.74, 6) is 0.696. The molecule has 4 nitrogen and oxygen atoms in total. The van der Waals surface area contributed by atoms with E-state index >= 15 is 0 Å². The van der Waals surface area contributed by atoms with E-state index < -0.39 is 0 Å². The van der Waals surface area contributed by atoms with Gasteiger partial charge in [0.05, 0.1) is 11.8 Å². The summed E-state index contributed by atoms with van der Waals surface area (Å²) in [6.45, 7) is 3.26. The molecule has 2 atom stereocenters. The summed E-state index contributed by atoms with van der Waals surface area (Å²) >= 11 is 0. The van der Waals surface area contributed by atoms with Crippen LogP contribution in [0.15, 0.2) is 12.3 Å². The van der Waals surface area contributed by atoms with E-state index in [1.807, 2.05) is 25.0 Å². The largest absolute Gasteiger partial charge is 0.380 e. The van der Waals surface area contributed by atoms with Crippen LogP contribution in [-0.4, -0.2) is 35.6 Å². The molecule has 0 amide bonds. The molecule has 0 bridgehead atoms. The van der Waals surface area contributed by atoms with Gasteiger partial charge in [-0.3, -0.25) is 4.68 Å². The fourth-order valence-electron chi connectivity index (χ4n) is 3.58. The number of aromatic nitrogens is 2. The van der Waals surface area contributed by atoms with Gasteiger partial charge in [-0.25, -0.2) is 0 Å². The molecule has 1 fully saturated rings. The highest BCUT2D eigenvalue weighted by molar-refractivity contribution is 5.03. The van der Waals surface area contributed by atoms with Gasteiger partial charge in [-0.15, -0.1) is 0 Å². The number of aryl methyl sites for hydroxylation is 1. The predicted octanol–water partition coefficient (Wildman–Crippen LogP) is 2.93. The highest BCUT2D eigenvalue weighted by atomic mass is 16.5. The summed E-state index contributed by atoms with van der Waals surface area (Å²) in [7, 11) is 3.85. The van der Waals surface area contributed by atoms with Crippen LogP contribution in [0.2, 0.25) is 0 Å². The molecule has 1 saturated carbocycles. The molecule has 1 heterocycles. The molecule has 0 radical (unpaired) electrons. The van der Waals surface area contributed by atoms with Crippen LogP contribution in [0.4, 0.5) is 0 Å². The van der Waals surface area contributed by atoms with Gasteiger partial charge in [0.25, 0.3) is 0 Å². The van der Waals surface area contributed by atoms with Gasteiger partial charge in [-0.1, -0.05) is 26.2 Å². The zero-order valence-electron chi connectivity index (χ0n) is 13.8. The standard InChI is InChI=1S/C17H31N3O/c1-4-11-18-16(13-15-10-12-20(2)19-15)17(21-3)14-8-6-5-7-9-14/h10,12,14,16-18H,4-9,11,13H2,1-3H3. The van der Waals surface area contributed by atoms with Crippen molar-refractivity contribution in [2.75, 3.05) is 13.7 Å². The molecule has 1 aliphatic rings. The van der Waals surface area contributed by atoms with Crippen molar-refractivity contribution in [3.63, 3.8) is 0 Å². The average molecular weight is 293 g/mol. The van der Waals surface area contributed by atoms with Gasteiger partial charge in [0.15, 0.2) is 0 Å². The van der Waals surface area contributed by atoms with Crippen LogP contribution in [0.1, 0.15) is 51.1 Å². The van der Waals surface area contributed by atoms with Gasteiger partial charge in [0.1, 0.15) is 0 Å². The first-order valence-electron chi connectivity index (χ1n) is 8.49. The maximum atomic E-state index is 5.93. The Bertz CT molecular complexity index is 398. The van der Waals surface area contributed by atoms with E-state index in [-0.39, 0.29) is 0 Å². The summed E-state index contributed by atoms with van der Waals surface area (Å²) in [5.41, 5.74) is 1.16. The Balaban J connectivity index is 2.04. The second-order valence-electron chi connectivity index (χ2n) is 6.34. The monoisotopic (exact) mass is 293 g/mol. The minimum absolute atomic E-state index is 0.304. The first-order chi connectivity index (χ1) is 10.2. The number of hydrogen-bond acceptors (Lipinski definition) is 3. The quantitative estimate of drug-likeness (QED) is 0.801. The van der Waals surface area contributed by atoms with Crippen molar-refractivity contribution in [2.24, 2.45) is 13.0 Å². The summed E-state index contributed by atoms with van der Waals surface area (Å²) < 4.78 is 7.81. The maximum absolute atomic E-state index is 5.93. The third-order valence-electron chi connectivity index (χ3n) is 4.64. The zero-order valence-corrected chi connectivity index (χ0v) is 13.8. The van der Waals surface area contributed by atoms with E-state index in [1.54, 1.807) is 0 Å². The first-order valence-corrected chi connectivity index (χ1v) is 8.49. The molecule has 2 rings (SSSR count). The minimum atomic E-state index is 0.304. The van der Waals surface area contributed by atoms with E-state index in [2.05, 4.69) is 23.4 Å². The molecule has 1 N–H and O–H groups in total. The van der Waals surface area contributed by atoms with Gasteiger partial charge < -0.3 is 10.1 Å². The molecule has 0 aromatic carbocycles. The fourth-order valence-corrected chi connectivity index (χ4v) is 3.58. The molecule has 0 aliphatic heterocycles. The molecular formula is C17H31N3O. The molecule has 0 spiro atoms. The number of nitrogens with zero attached hydrogens (tertiary/aromatic N) is 2. The molecular weight excluding hydrogens is 262 g/mol. The van der Waals surface area contributed by atoms with Crippen molar-refractivity contribution < 1.29 is 4.74 Å². The Kier molecular flexibility index (Phi) is 6.71. The Hall–Kier alpha value is -0.870. The van der Waals surface area contributed by atoms with Crippen molar-refractivity contribution >= 4 is 0 Å². The van der Waals surface area contributed by atoms with Crippen LogP contribution in [0.5, 0.6) is 0 Å². The van der Waals surface area contributed by atoms with Crippen molar-refractivity contribution in [1.82, 2.24) is 15.1 Å². The van der Waals surface area contributed by atoms with Crippen LogP contribution < -0.4 is 5.32 Å². The number of rotatable bonds is 8. The van der Waals surface area contributed by atoms with Gasteiger partial charge in [-0.05, 0) is 37.8 Å². The highest BCUT2D eigenvalue weighted by Gasteiger charge is 2.30. The van der Waals surface area contributed by atoms with E-state index in [1.165, 1.54) is 32.1 Å². The maximum Gasteiger partial charge on any atom is 0.0756 e. The second-order valence-corrected chi connectivity index (χ2v) is 6.34. The molecule has 2 unspecified atom stereocenters. The second kappa shape index (κ2) is 8.54. The summed E-state index contributed by atoms with van der Waals surface area (Å²) in [5, 5.41) is 8.24. The fraction of sp³-hybridized carbons (Fsp3) is 0.824. The SMILES string of the molecule is CCCNC(Cc1ccn(C)n1)C(OC)C1CCCCC1. The molecule has 0 saturated heterocycles. The Labute approximate surface area is 129 Å². The molecule has 21 heavy (non-hydrogen) atoms. The van der Waals surface area contributed by atoms with E-state index in [4.69, 9.17) is 4.74 Å². The van der Waals surface area contributed by atoms with Crippen molar-refractivity contribution in [3.05, 3.63) is 18.0 Å². The Morgan fingerprint density at radius 1 is 1.38 bits per heavy atom. The van der Waals surface area contributed by atoms with Gasteiger partial charge in [-0.2, -0.15) is 5.10 Å².